The van der Waals surface area contributed by atoms with Crippen molar-refractivity contribution >= 4 is 52.5 Å². The Morgan fingerprint density at radius 2 is 1.92 bits per heavy atom. The fraction of sp³-hybridized carbons (Fsp3) is 0.222. The summed E-state index contributed by atoms with van der Waals surface area (Å²) in [6.45, 7) is 1.77. The highest BCUT2D eigenvalue weighted by molar-refractivity contribution is 7.99. The summed E-state index contributed by atoms with van der Waals surface area (Å²) in [7, 11) is 1.33. The molecule has 1 N–H and O–H groups in total. The maximum Gasteiger partial charge on any atom is 0.338 e. The molecule has 132 valence electrons. The van der Waals surface area contributed by atoms with E-state index in [0.29, 0.717) is 32.6 Å². The summed E-state index contributed by atoms with van der Waals surface area (Å²) in [5.74, 6) is 0.353. The van der Waals surface area contributed by atoms with E-state index in [1.165, 1.54) is 18.9 Å². The smallest absolute Gasteiger partial charge is 0.338 e. The first kappa shape index (κ1) is 19.6. The Bertz CT molecular complexity index is 796. The Morgan fingerprint density at radius 1 is 1.16 bits per heavy atom. The van der Waals surface area contributed by atoms with E-state index in [1.54, 1.807) is 37.3 Å². The van der Waals surface area contributed by atoms with Crippen molar-refractivity contribution in [2.24, 2.45) is 0 Å². The maximum absolute atomic E-state index is 12.1. The van der Waals surface area contributed by atoms with Crippen LogP contribution in [0.4, 0.5) is 5.69 Å². The normalized spacial score (nSPS) is 10.4. The van der Waals surface area contributed by atoms with E-state index < -0.39 is 5.97 Å². The summed E-state index contributed by atoms with van der Waals surface area (Å²) in [6.07, 6.45) is 0. The van der Waals surface area contributed by atoms with E-state index in [9.17, 15) is 9.59 Å². The predicted molar refractivity (Wildman–Crippen MR) is 104 cm³/mol. The Labute approximate surface area is 160 Å². The molecule has 0 radical (unpaired) electrons. The molecule has 0 saturated carbocycles. The number of benzene rings is 2. The van der Waals surface area contributed by atoms with Crippen LogP contribution in [0.1, 0.15) is 21.5 Å². The van der Waals surface area contributed by atoms with Crippen molar-refractivity contribution in [3.63, 3.8) is 0 Å². The molecule has 0 unspecified atom stereocenters. The van der Waals surface area contributed by atoms with Crippen molar-refractivity contribution in [1.29, 1.82) is 0 Å². The lowest BCUT2D eigenvalue weighted by molar-refractivity contribution is -0.113. The summed E-state index contributed by atoms with van der Waals surface area (Å²) < 4.78 is 4.73. The van der Waals surface area contributed by atoms with Crippen LogP contribution in [0, 0.1) is 6.92 Å². The number of ether oxygens (including phenoxy) is 1. The van der Waals surface area contributed by atoms with Gasteiger partial charge in [-0.3, -0.25) is 4.79 Å². The molecular weight excluding hydrogens is 381 g/mol. The summed E-state index contributed by atoms with van der Waals surface area (Å²) in [4.78, 5) is 23.8. The van der Waals surface area contributed by atoms with E-state index in [1.807, 2.05) is 6.07 Å². The Balaban J connectivity index is 1.92. The van der Waals surface area contributed by atoms with E-state index in [2.05, 4.69) is 5.32 Å². The first-order chi connectivity index (χ1) is 11.9. The number of carbonyl (C=O) groups excluding carboxylic acids is 2. The van der Waals surface area contributed by atoms with Gasteiger partial charge in [-0.1, -0.05) is 35.3 Å². The average molecular weight is 398 g/mol. The molecular formula is C18H17Cl2NO3S. The van der Waals surface area contributed by atoms with Crippen LogP contribution in [-0.2, 0) is 15.3 Å². The third kappa shape index (κ3) is 5.39. The van der Waals surface area contributed by atoms with Gasteiger partial charge >= 0.3 is 5.97 Å². The van der Waals surface area contributed by atoms with Crippen molar-refractivity contribution in [3.8, 4) is 0 Å². The fourth-order valence-electron chi connectivity index (χ4n) is 2.18. The predicted octanol–water partition coefficient (Wildman–Crippen LogP) is 4.96. The number of halogens is 2. The molecule has 2 aromatic carbocycles. The molecule has 4 nitrogen and oxygen atoms in total. The van der Waals surface area contributed by atoms with Crippen LogP contribution in [-0.4, -0.2) is 24.7 Å². The minimum Gasteiger partial charge on any atom is -0.465 e. The summed E-state index contributed by atoms with van der Waals surface area (Å²) >= 11 is 13.3. The van der Waals surface area contributed by atoms with Crippen LogP contribution in [0.25, 0.3) is 0 Å². The highest BCUT2D eigenvalue weighted by Crippen LogP contribution is 2.25. The molecule has 2 rings (SSSR count). The standard InChI is InChI=1S/C18H17Cl2NO3S/c1-11-13(18(23)24-2)4-3-5-16(11)21-17(22)10-25-9-12-6-7-14(19)15(20)8-12/h3-8H,9-10H2,1-2H3,(H,21,22). The summed E-state index contributed by atoms with van der Waals surface area (Å²) in [6, 6.07) is 10.5. The van der Waals surface area contributed by atoms with Crippen LogP contribution in [0.2, 0.25) is 10.0 Å². The van der Waals surface area contributed by atoms with Gasteiger partial charge in [-0.25, -0.2) is 4.79 Å². The average Bonchev–Trinajstić information content (AvgIpc) is 2.59. The lowest BCUT2D eigenvalue weighted by Gasteiger charge is -2.11. The fourth-order valence-corrected chi connectivity index (χ4v) is 3.28. The van der Waals surface area contributed by atoms with Gasteiger partial charge in [0, 0.05) is 11.4 Å². The van der Waals surface area contributed by atoms with Gasteiger partial charge in [-0.15, -0.1) is 11.8 Å². The number of rotatable bonds is 6. The molecule has 0 aliphatic rings. The van der Waals surface area contributed by atoms with Crippen molar-refractivity contribution in [1.82, 2.24) is 0 Å². The quantitative estimate of drug-likeness (QED) is 0.699. The summed E-state index contributed by atoms with van der Waals surface area (Å²) in [5, 5.41) is 3.83. The molecule has 7 heteroatoms. The Kier molecular flexibility index (Phi) is 7.17. The number of amides is 1. The Morgan fingerprint density at radius 3 is 2.60 bits per heavy atom. The molecule has 25 heavy (non-hydrogen) atoms. The van der Waals surface area contributed by atoms with Crippen LogP contribution >= 0.6 is 35.0 Å². The zero-order valence-electron chi connectivity index (χ0n) is 13.8. The third-order valence-electron chi connectivity index (χ3n) is 3.50. The number of thioether (sulfide) groups is 1. The molecule has 0 aliphatic heterocycles. The van der Waals surface area contributed by atoms with Gasteiger partial charge in [0.05, 0.1) is 28.5 Å². The number of hydrogen-bond acceptors (Lipinski definition) is 4. The zero-order chi connectivity index (χ0) is 18.4. The molecule has 2 aromatic rings. The van der Waals surface area contributed by atoms with Gasteiger partial charge in [0.2, 0.25) is 5.91 Å². The van der Waals surface area contributed by atoms with Gasteiger partial charge in [0.1, 0.15) is 0 Å². The molecule has 0 bridgehead atoms. The molecule has 0 fully saturated rings. The van der Waals surface area contributed by atoms with Gasteiger partial charge in [-0.05, 0) is 42.3 Å². The van der Waals surface area contributed by atoms with Gasteiger partial charge in [-0.2, -0.15) is 0 Å². The third-order valence-corrected chi connectivity index (χ3v) is 5.24. The minimum atomic E-state index is -0.428. The number of nitrogens with one attached hydrogen (secondary N) is 1. The van der Waals surface area contributed by atoms with Crippen molar-refractivity contribution in [2.75, 3.05) is 18.2 Å². The summed E-state index contributed by atoms with van der Waals surface area (Å²) in [5.41, 5.74) is 2.71. The molecule has 0 spiro atoms. The number of carbonyl (C=O) groups is 2. The van der Waals surface area contributed by atoms with Crippen molar-refractivity contribution in [3.05, 3.63) is 63.1 Å². The van der Waals surface area contributed by atoms with Crippen LogP contribution < -0.4 is 5.32 Å². The van der Waals surface area contributed by atoms with E-state index in [-0.39, 0.29) is 11.7 Å². The van der Waals surface area contributed by atoms with Crippen LogP contribution in [0.5, 0.6) is 0 Å². The Hall–Kier alpha value is -1.69. The molecule has 0 heterocycles. The molecule has 0 aliphatic carbocycles. The van der Waals surface area contributed by atoms with Crippen LogP contribution in [0.15, 0.2) is 36.4 Å². The minimum absolute atomic E-state index is 0.143. The lowest BCUT2D eigenvalue weighted by atomic mass is 10.1. The number of esters is 1. The second-order valence-electron chi connectivity index (χ2n) is 5.26. The largest absolute Gasteiger partial charge is 0.465 e. The highest BCUT2D eigenvalue weighted by Gasteiger charge is 2.13. The highest BCUT2D eigenvalue weighted by atomic mass is 35.5. The topological polar surface area (TPSA) is 55.4 Å². The first-order valence-electron chi connectivity index (χ1n) is 7.42. The maximum atomic E-state index is 12.1. The molecule has 1 amide bonds. The van der Waals surface area contributed by atoms with Gasteiger partial charge < -0.3 is 10.1 Å². The van der Waals surface area contributed by atoms with Crippen LogP contribution in [0.3, 0.4) is 0 Å². The SMILES string of the molecule is COC(=O)c1cccc(NC(=O)CSCc2ccc(Cl)c(Cl)c2)c1C. The monoisotopic (exact) mass is 397 g/mol. The second kappa shape index (κ2) is 9.13. The van der Waals surface area contributed by atoms with Gasteiger partial charge in [0.15, 0.2) is 0 Å². The van der Waals surface area contributed by atoms with E-state index >= 15 is 0 Å². The van der Waals surface area contributed by atoms with Crippen molar-refractivity contribution < 1.29 is 14.3 Å². The lowest BCUT2D eigenvalue weighted by Crippen LogP contribution is -2.16. The molecule has 0 atom stereocenters. The van der Waals surface area contributed by atoms with Crippen molar-refractivity contribution in [2.45, 2.75) is 12.7 Å². The van der Waals surface area contributed by atoms with Gasteiger partial charge in [0.25, 0.3) is 0 Å². The number of hydrogen-bond donors (Lipinski definition) is 1. The number of methoxy groups -OCH3 is 1. The van der Waals surface area contributed by atoms with E-state index in [4.69, 9.17) is 27.9 Å². The molecule has 0 saturated heterocycles. The first-order valence-corrected chi connectivity index (χ1v) is 9.33. The number of anilines is 1. The zero-order valence-corrected chi connectivity index (χ0v) is 16.1. The molecule has 0 aromatic heterocycles. The second-order valence-corrected chi connectivity index (χ2v) is 7.06. The van der Waals surface area contributed by atoms with E-state index in [0.717, 1.165) is 5.56 Å².